The van der Waals surface area contributed by atoms with Crippen LogP contribution in [0.3, 0.4) is 0 Å². The second kappa shape index (κ2) is 9.49. The van der Waals surface area contributed by atoms with Gasteiger partial charge in [0, 0.05) is 31.6 Å². The first-order chi connectivity index (χ1) is 14.7. The number of likely N-dealkylation sites (tertiary alicyclic amines) is 1. The van der Waals surface area contributed by atoms with Crippen LogP contribution in [0.25, 0.3) is 0 Å². The lowest BCUT2D eigenvalue weighted by atomic mass is 9.93. The molecule has 2 aliphatic heterocycles. The number of piperidine rings is 1. The van der Waals surface area contributed by atoms with Crippen molar-refractivity contribution in [1.82, 2.24) is 14.9 Å². The van der Waals surface area contributed by atoms with Gasteiger partial charge >= 0.3 is 0 Å². The van der Waals surface area contributed by atoms with Gasteiger partial charge in [0.25, 0.3) is 5.56 Å². The predicted octanol–water partition coefficient (Wildman–Crippen LogP) is 2.00. The average Bonchev–Trinajstić information content (AvgIpc) is 2.79. The zero-order chi connectivity index (χ0) is 20.9. The van der Waals surface area contributed by atoms with Gasteiger partial charge < -0.3 is 19.1 Å². The van der Waals surface area contributed by atoms with Crippen molar-refractivity contribution in [2.75, 3.05) is 58.5 Å². The molecule has 2 fully saturated rings. The van der Waals surface area contributed by atoms with E-state index >= 15 is 0 Å². The topological polar surface area (TPSA) is 79.9 Å². The fourth-order valence-electron chi connectivity index (χ4n) is 4.22. The van der Waals surface area contributed by atoms with Crippen LogP contribution in [-0.4, -0.2) is 68.5 Å². The number of hydrogen-bond acceptors (Lipinski definition) is 7. The SMILES string of the molecule is COc1ccc(CN2CCC(c3cc(=O)[nH]c(N4CCOCC4)n3)CC2)cc1OC. The van der Waals surface area contributed by atoms with E-state index in [1.165, 1.54) is 5.56 Å². The van der Waals surface area contributed by atoms with Crippen molar-refractivity contribution in [2.24, 2.45) is 0 Å². The molecule has 8 heteroatoms. The number of methoxy groups -OCH3 is 2. The number of anilines is 1. The van der Waals surface area contributed by atoms with E-state index in [0.29, 0.717) is 25.1 Å². The van der Waals surface area contributed by atoms with Crippen LogP contribution in [0, 0.1) is 0 Å². The Bertz CT molecular complexity index is 902. The third-order valence-electron chi connectivity index (χ3n) is 5.92. The first-order valence-electron chi connectivity index (χ1n) is 10.5. The van der Waals surface area contributed by atoms with Gasteiger partial charge in [0.15, 0.2) is 11.5 Å². The number of hydrogen-bond donors (Lipinski definition) is 1. The summed E-state index contributed by atoms with van der Waals surface area (Å²) in [5.41, 5.74) is 2.04. The third-order valence-corrected chi connectivity index (χ3v) is 5.92. The number of aromatic amines is 1. The molecule has 0 saturated carbocycles. The average molecular weight is 415 g/mol. The van der Waals surface area contributed by atoms with E-state index in [0.717, 1.165) is 62.8 Å². The molecule has 30 heavy (non-hydrogen) atoms. The molecule has 1 N–H and O–H groups in total. The van der Waals surface area contributed by atoms with Gasteiger partial charge in [-0.25, -0.2) is 4.98 Å². The molecule has 8 nitrogen and oxygen atoms in total. The molecule has 2 saturated heterocycles. The molecule has 3 heterocycles. The van der Waals surface area contributed by atoms with Crippen molar-refractivity contribution in [1.29, 1.82) is 0 Å². The Morgan fingerprint density at radius 2 is 1.80 bits per heavy atom. The largest absolute Gasteiger partial charge is 0.493 e. The molecule has 0 aliphatic carbocycles. The summed E-state index contributed by atoms with van der Waals surface area (Å²) in [7, 11) is 3.31. The first kappa shape index (κ1) is 20.7. The van der Waals surface area contributed by atoms with Gasteiger partial charge in [-0.05, 0) is 43.6 Å². The maximum Gasteiger partial charge on any atom is 0.252 e. The van der Waals surface area contributed by atoms with Crippen LogP contribution < -0.4 is 19.9 Å². The zero-order valence-electron chi connectivity index (χ0n) is 17.7. The Morgan fingerprint density at radius 3 is 2.50 bits per heavy atom. The summed E-state index contributed by atoms with van der Waals surface area (Å²) in [6.45, 7) is 5.67. The molecule has 0 unspecified atom stereocenters. The van der Waals surface area contributed by atoms with Gasteiger partial charge in [0.2, 0.25) is 5.95 Å². The van der Waals surface area contributed by atoms with Crippen LogP contribution in [0.4, 0.5) is 5.95 Å². The number of rotatable bonds is 6. The zero-order valence-corrected chi connectivity index (χ0v) is 17.7. The standard InChI is InChI=1S/C22H30N4O4/c1-28-19-4-3-16(13-20(19)29-2)15-25-7-5-17(6-8-25)18-14-21(27)24-22(23-18)26-9-11-30-12-10-26/h3-4,13-14,17H,5-12,15H2,1-2H3,(H,23,24,27). The number of morpholine rings is 1. The molecule has 0 atom stereocenters. The first-order valence-corrected chi connectivity index (χ1v) is 10.5. The Labute approximate surface area is 176 Å². The second-order valence-corrected chi connectivity index (χ2v) is 7.83. The van der Waals surface area contributed by atoms with Crippen molar-refractivity contribution >= 4 is 5.95 Å². The lowest BCUT2D eigenvalue weighted by Gasteiger charge is -2.32. The van der Waals surface area contributed by atoms with E-state index in [4.69, 9.17) is 19.2 Å². The number of H-pyrrole nitrogens is 1. The Hall–Kier alpha value is -2.58. The van der Waals surface area contributed by atoms with Crippen LogP contribution >= 0.6 is 0 Å². The number of nitrogens with zero attached hydrogens (tertiary/aromatic N) is 3. The fourth-order valence-corrected chi connectivity index (χ4v) is 4.22. The maximum absolute atomic E-state index is 12.2. The normalized spacial score (nSPS) is 18.4. The van der Waals surface area contributed by atoms with E-state index in [9.17, 15) is 4.79 Å². The Morgan fingerprint density at radius 1 is 1.07 bits per heavy atom. The van der Waals surface area contributed by atoms with Gasteiger partial charge in [-0.1, -0.05) is 6.07 Å². The van der Waals surface area contributed by atoms with Crippen molar-refractivity contribution in [3.63, 3.8) is 0 Å². The van der Waals surface area contributed by atoms with Crippen LogP contribution in [0.1, 0.15) is 30.0 Å². The highest BCUT2D eigenvalue weighted by Crippen LogP contribution is 2.30. The molecular weight excluding hydrogens is 384 g/mol. The van der Waals surface area contributed by atoms with Crippen LogP contribution in [0.5, 0.6) is 11.5 Å². The molecular formula is C22H30N4O4. The van der Waals surface area contributed by atoms with Gasteiger partial charge in [-0.3, -0.25) is 14.7 Å². The lowest BCUT2D eigenvalue weighted by molar-refractivity contribution is 0.122. The summed E-state index contributed by atoms with van der Waals surface area (Å²) in [5.74, 6) is 2.49. The molecule has 4 rings (SSSR count). The molecule has 0 spiro atoms. The third kappa shape index (κ3) is 4.76. The van der Waals surface area contributed by atoms with Crippen LogP contribution in [0.15, 0.2) is 29.1 Å². The summed E-state index contributed by atoms with van der Waals surface area (Å²) in [5, 5.41) is 0. The summed E-state index contributed by atoms with van der Waals surface area (Å²) in [4.78, 5) is 24.5. The van der Waals surface area contributed by atoms with Gasteiger partial charge in [0.1, 0.15) is 0 Å². The summed E-state index contributed by atoms with van der Waals surface area (Å²) in [6.07, 6.45) is 1.98. The molecule has 1 aromatic carbocycles. The minimum atomic E-state index is -0.0748. The lowest BCUT2D eigenvalue weighted by Crippen LogP contribution is -2.39. The predicted molar refractivity (Wildman–Crippen MR) is 115 cm³/mol. The molecule has 0 radical (unpaired) electrons. The second-order valence-electron chi connectivity index (χ2n) is 7.83. The van der Waals surface area contributed by atoms with Crippen molar-refractivity contribution in [3.8, 4) is 11.5 Å². The number of aromatic nitrogens is 2. The van der Waals surface area contributed by atoms with Crippen molar-refractivity contribution < 1.29 is 14.2 Å². The highest BCUT2D eigenvalue weighted by molar-refractivity contribution is 5.42. The smallest absolute Gasteiger partial charge is 0.252 e. The van der Waals surface area contributed by atoms with Gasteiger partial charge in [-0.2, -0.15) is 0 Å². The van der Waals surface area contributed by atoms with Crippen LogP contribution in [-0.2, 0) is 11.3 Å². The summed E-state index contributed by atoms with van der Waals surface area (Å²) >= 11 is 0. The minimum Gasteiger partial charge on any atom is -0.493 e. The maximum atomic E-state index is 12.2. The molecule has 0 amide bonds. The van der Waals surface area contributed by atoms with Crippen molar-refractivity contribution in [2.45, 2.75) is 25.3 Å². The van der Waals surface area contributed by atoms with E-state index in [-0.39, 0.29) is 5.56 Å². The van der Waals surface area contributed by atoms with Gasteiger partial charge in [0.05, 0.1) is 33.1 Å². The highest BCUT2D eigenvalue weighted by Gasteiger charge is 2.24. The number of ether oxygens (including phenoxy) is 3. The van der Waals surface area contributed by atoms with E-state index in [1.807, 2.05) is 12.1 Å². The molecule has 2 aliphatic rings. The summed E-state index contributed by atoms with van der Waals surface area (Å²) < 4.78 is 16.1. The molecule has 1 aromatic heterocycles. The quantitative estimate of drug-likeness (QED) is 0.774. The number of nitrogens with one attached hydrogen (secondary N) is 1. The molecule has 162 valence electrons. The van der Waals surface area contributed by atoms with E-state index in [2.05, 4.69) is 20.9 Å². The van der Waals surface area contributed by atoms with E-state index in [1.54, 1.807) is 20.3 Å². The Kier molecular flexibility index (Phi) is 6.54. The monoisotopic (exact) mass is 414 g/mol. The minimum absolute atomic E-state index is 0.0748. The Balaban J connectivity index is 1.39. The highest BCUT2D eigenvalue weighted by atomic mass is 16.5. The van der Waals surface area contributed by atoms with Gasteiger partial charge in [-0.15, -0.1) is 0 Å². The fraction of sp³-hybridized carbons (Fsp3) is 0.545. The molecule has 2 aromatic rings. The number of benzene rings is 1. The van der Waals surface area contributed by atoms with Crippen molar-refractivity contribution in [3.05, 3.63) is 45.9 Å². The molecule has 0 bridgehead atoms. The van der Waals surface area contributed by atoms with E-state index < -0.39 is 0 Å². The summed E-state index contributed by atoms with van der Waals surface area (Å²) in [6, 6.07) is 7.74. The van der Waals surface area contributed by atoms with Crippen LogP contribution in [0.2, 0.25) is 0 Å².